The van der Waals surface area contributed by atoms with Crippen LogP contribution in [0, 0.1) is 10.1 Å². The number of carbonyl (C=O) groups excluding carboxylic acids is 1. The maximum absolute atomic E-state index is 12.1. The molecule has 2 aromatic carbocycles. The Hall–Kier alpha value is -1.92. The number of nitrogens with one attached hydrogen (secondary N) is 1. The van der Waals surface area contributed by atoms with Crippen LogP contribution in [0.5, 0.6) is 0 Å². The first-order valence-electron chi connectivity index (χ1n) is 5.48. The summed E-state index contributed by atoms with van der Waals surface area (Å²) < 4.78 is 0.788. The van der Waals surface area contributed by atoms with Gasteiger partial charge in [-0.25, -0.2) is 0 Å². The van der Waals surface area contributed by atoms with Crippen molar-refractivity contribution in [1.29, 1.82) is 0 Å². The number of benzene rings is 2. The van der Waals surface area contributed by atoms with Crippen molar-refractivity contribution in [3.05, 3.63) is 67.6 Å². The second kappa shape index (κ2) is 6.02. The van der Waals surface area contributed by atoms with E-state index in [1.54, 1.807) is 24.3 Å². The van der Waals surface area contributed by atoms with Crippen molar-refractivity contribution in [3.8, 4) is 0 Å². The molecule has 0 aliphatic carbocycles. The van der Waals surface area contributed by atoms with E-state index in [0.717, 1.165) is 4.47 Å². The van der Waals surface area contributed by atoms with Crippen LogP contribution in [0.3, 0.4) is 0 Å². The van der Waals surface area contributed by atoms with Gasteiger partial charge in [0.15, 0.2) is 0 Å². The number of nitro groups is 1. The third-order valence-corrected chi connectivity index (χ3v) is 3.21. The molecule has 7 heteroatoms. The summed E-state index contributed by atoms with van der Waals surface area (Å²) in [5.41, 5.74) is 0.156. The first kappa shape index (κ1) is 14.5. The second-order valence-corrected chi connectivity index (χ2v) is 5.24. The minimum Gasteiger partial charge on any atom is -0.322 e. The van der Waals surface area contributed by atoms with Crippen LogP contribution >= 0.6 is 27.5 Å². The van der Waals surface area contributed by atoms with E-state index in [1.165, 1.54) is 18.2 Å². The van der Waals surface area contributed by atoms with Crippen molar-refractivity contribution in [1.82, 2.24) is 0 Å². The molecule has 0 fully saturated rings. The van der Waals surface area contributed by atoms with Gasteiger partial charge in [-0.05, 0) is 30.3 Å². The predicted octanol–water partition coefficient (Wildman–Crippen LogP) is 4.26. The SMILES string of the molecule is O=C(Nc1cccc(Br)c1)c1cc(Cl)ccc1[N+](=O)[O-]. The molecule has 0 heterocycles. The number of halogens is 2. The maximum atomic E-state index is 12.1. The summed E-state index contributed by atoms with van der Waals surface area (Å²) in [5, 5.41) is 13.8. The van der Waals surface area contributed by atoms with Gasteiger partial charge >= 0.3 is 0 Å². The predicted molar refractivity (Wildman–Crippen MR) is 80.2 cm³/mol. The molecule has 0 atom stereocenters. The number of carbonyl (C=O) groups is 1. The molecule has 2 aromatic rings. The normalized spacial score (nSPS) is 10.1. The molecule has 0 saturated heterocycles. The van der Waals surface area contributed by atoms with Crippen LogP contribution in [0.15, 0.2) is 46.9 Å². The van der Waals surface area contributed by atoms with Crippen molar-refractivity contribution in [3.63, 3.8) is 0 Å². The summed E-state index contributed by atoms with van der Waals surface area (Å²) in [7, 11) is 0. The Labute approximate surface area is 127 Å². The molecule has 1 amide bonds. The summed E-state index contributed by atoms with van der Waals surface area (Å²) in [5.74, 6) is -0.586. The zero-order valence-corrected chi connectivity index (χ0v) is 12.3. The molecule has 1 N–H and O–H groups in total. The van der Waals surface area contributed by atoms with Crippen LogP contribution < -0.4 is 5.32 Å². The molecule has 0 aliphatic rings. The summed E-state index contributed by atoms with van der Waals surface area (Å²) in [6.07, 6.45) is 0. The molecule has 0 radical (unpaired) electrons. The Morgan fingerprint density at radius 2 is 2.00 bits per heavy atom. The van der Waals surface area contributed by atoms with Crippen molar-refractivity contribution < 1.29 is 9.72 Å². The average molecular weight is 356 g/mol. The third-order valence-electron chi connectivity index (χ3n) is 2.48. The van der Waals surface area contributed by atoms with Crippen molar-refractivity contribution >= 4 is 44.8 Å². The van der Waals surface area contributed by atoms with Gasteiger partial charge < -0.3 is 5.32 Å². The number of hydrogen-bond acceptors (Lipinski definition) is 3. The number of anilines is 1. The lowest BCUT2D eigenvalue weighted by atomic mass is 10.1. The fraction of sp³-hybridized carbons (Fsp3) is 0. The average Bonchev–Trinajstić information content (AvgIpc) is 2.38. The Morgan fingerprint density at radius 3 is 2.65 bits per heavy atom. The molecule has 5 nitrogen and oxygen atoms in total. The van der Waals surface area contributed by atoms with Crippen LogP contribution in [0.1, 0.15) is 10.4 Å². The number of amides is 1. The van der Waals surface area contributed by atoms with Gasteiger partial charge in [0.1, 0.15) is 5.56 Å². The van der Waals surface area contributed by atoms with Crippen molar-refractivity contribution in [2.24, 2.45) is 0 Å². The summed E-state index contributed by atoms with van der Waals surface area (Å²) in [4.78, 5) is 22.4. The van der Waals surface area contributed by atoms with Gasteiger partial charge in [-0.1, -0.05) is 33.6 Å². The molecular formula is C13H8BrClN2O3. The smallest absolute Gasteiger partial charge is 0.282 e. The molecule has 20 heavy (non-hydrogen) atoms. The summed E-state index contributed by atoms with van der Waals surface area (Å²) in [6.45, 7) is 0. The number of nitro benzene ring substituents is 1. The molecule has 0 saturated carbocycles. The Bertz CT molecular complexity index is 691. The van der Waals surface area contributed by atoms with E-state index in [9.17, 15) is 14.9 Å². The lowest BCUT2D eigenvalue weighted by Gasteiger charge is -2.06. The van der Waals surface area contributed by atoms with Gasteiger partial charge in [0, 0.05) is 21.2 Å². The highest BCUT2D eigenvalue weighted by Gasteiger charge is 2.20. The highest BCUT2D eigenvalue weighted by Crippen LogP contribution is 2.24. The Balaban J connectivity index is 2.34. The quantitative estimate of drug-likeness (QED) is 0.660. The Morgan fingerprint density at radius 1 is 1.25 bits per heavy atom. The minimum absolute atomic E-state index is 0.0810. The number of hydrogen-bond donors (Lipinski definition) is 1. The largest absolute Gasteiger partial charge is 0.322 e. The van der Waals surface area contributed by atoms with E-state index in [0.29, 0.717) is 5.69 Å². The number of rotatable bonds is 3. The van der Waals surface area contributed by atoms with Gasteiger partial charge in [0.05, 0.1) is 4.92 Å². The van der Waals surface area contributed by atoms with E-state index in [1.807, 2.05) is 0 Å². The van der Waals surface area contributed by atoms with Crippen molar-refractivity contribution in [2.45, 2.75) is 0 Å². The molecule has 0 aliphatic heterocycles. The molecule has 0 spiro atoms. The van der Waals surface area contributed by atoms with E-state index in [4.69, 9.17) is 11.6 Å². The minimum atomic E-state index is -0.619. The monoisotopic (exact) mass is 354 g/mol. The first-order chi connectivity index (χ1) is 9.47. The molecule has 2 rings (SSSR count). The van der Waals surface area contributed by atoms with Gasteiger partial charge in [-0.3, -0.25) is 14.9 Å². The third kappa shape index (κ3) is 3.34. The summed E-state index contributed by atoms with van der Waals surface area (Å²) in [6, 6.07) is 10.8. The van der Waals surface area contributed by atoms with E-state index in [2.05, 4.69) is 21.2 Å². The van der Waals surface area contributed by atoms with Crippen LogP contribution in [-0.2, 0) is 0 Å². The lowest BCUT2D eigenvalue weighted by molar-refractivity contribution is -0.385. The second-order valence-electron chi connectivity index (χ2n) is 3.88. The molecule has 102 valence electrons. The first-order valence-corrected chi connectivity index (χ1v) is 6.65. The zero-order valence-electron chi connectivity index (χ0n) is 9.97. The summed E-state index contributed by atoms with van der Waals surface area (Å²) >= 11 is 9.06. The topological polar surface area (TPSA) is 72.2 Å². The zero-order chi connectivity index (χ0) is 14.7. The molecule has 0 bridgehead atoms. The highest BCUT2D eigenvalue weighted by atomic mass is 79.9. The Kier molecular flexibility index (Phi) is 4.36. The van der Waals surface area contributed by atoms with Gasteiger partial charge in [-0.15, -0.1) is 0 Å². The van der Waals surface area contributed by atoms with E-state index in [-0.39, 0.29) is 16.3 Å². The fourth-order valence-electron chi connectivity index (χ4n) is 1.61. The number of nitrogens with zero attached hydrogens (tertiary/aromatic N) is 1. The maximum Gasteiger partial charge on any atom is 0.282 e. The molecule has 0 aromatic heterocycles. The molecular weight excluding hydrogens is 348 g/mol. The van der Waals surface area contributed by atoms with Crippen LogP contribution in [0.4, 0.5) is 11.4 Å². The van der Waals surface area contributed by atoms with Crippen LogP contribution in [-0.4, -0.2) is 10.8 Å². The van der Waals surface area contributed by atoms with Crippen LogP contribution in [0.2, 0.25) is 5.02 Å². The van der Waals surface area contributed by atoms with E-state index < -0.39 is 10.8 Å². The van der Waals surface area contributed by atoms with Gasteiger partial charge in [-0.2, -0.15) is 0 Å². The lowest BCUT2D eigenvalue weighted by Crippen LogP contribution is -2.14. The molecule has 0 unspecified atom stereocenters. The van der Waals surface area contributed by atoms with Gasteiger partial charge in [0.25, 0.3) is 11.6 Å². The van der Waals surface area contributed by atoms with Gasteiger partial charge in [0.2, 0.25) is 0 Å². The van der Waals surface area contributed by atoms with Crippen molar-refractivity contribution in [2.75, 3.05) is 5.32 Å². The van der Waals surface area contributed by atoms with E-state index >= 15 is 0 Å². The standard InChI is InChI=1S/C13H8BrClN2O3/c14-8-2-1-3-10(6-8)16-13(18)11-7-9(15)4-5-12(11)17(19)20/h1-7H,(H,16,18). The van der Waals surface area contributed by atoms with Crippen LogP contribution in [0.25, 0.3) is 0 Å². The highest BCUT2D eigenvalue weighted by molar-refractivity contribution is 9.10. The fourth-order valence-corrected chi connectivity index (χ4v) is 2.19.